The Morgan fingerprint density at radius 1 is 1.31 bits per heavy atom. The monoisotopic (exact) mass is 206 g/mol. The second-order valence-corrected chi connectivity index (χ2v) is 6.66. The van der Waals surface area contributed by atoms with Crippen LogP contribution in [-0.2, 0) is 18.4 Å². The van der Waals surface area contributed by atoms with Crippen LogP contribution in [0, 0.1) is 5.92 Å². The van der Waals surface area contributed by atoms with Crippen molar-refractivity contribution in [2.45, 2.75) is 19.5 Å². The molecule has 13 heavy (non-hydrogen) atoms. The molecule has 0 aromatic rings. The fourth-order valence-corrected chi connectivity index (χ4v) is 2.87. The van der Waals surface area contributed by atoms with Gasteiger partial charge in [0.25, 0.3) is 0 Å². The maximum Gasteiger partial charge on any atom is 0.335 e. The summed E-state index contributed by atoms with van der Waals surface area (Å²) in [5.41, 5.74) is 0. The van der Waals surface area contributed by atoms with E-state index in [0.29, 0.717) is 6.04 Å². The van der Waals surface area contributed by atoms with Crippen molar-refractivity contribution in [3.05, 3.63) is 0 Å². The molecule has 0 saturated heterocycles. The summed E-state index contributed by atoms with van der Waals surface area (Å²) in [4.78, 5) is 11.1. The SMILES string of the molecule is COC(=O)C(C)C[Si](C)(OC)OC. The standard InChI is InChI=1S/C8H18O4Si/c1-7(8(9)10-2)6-13(5,11-3)12-4/h7H,6H2,1-5H3. The highest BCUT2D eigenvalue weighted by atomic mass is 28.4. The van der Waals surface area contributed by atoms with Gasteiger partial charge in [0, 0.05) is 20.3 Å². The zero-order valence-electron chi connectivity index (χ0n) is 8.92. The zero-order valence-corrected chi connectivity index (χ0v) is 9.92. The number of hydrogen-bond donors (Lipinski definition) is 0. The smallest absolute Gasteiger partial charge is 0.335 e. The van der Waals surface area contributed by atoms with Crippen molar-refractivity contribution in [3.63, 3.8) is 0 Å². The van der Waals surface area contributed by atoms with Crippen LogP contribution in [0.15, 0.2) is 0 Å². The molecule has 0 radical (unpaired) electrons. The van der Waals surface area contributed by atoms with Crippen molar-refractivity contribution in [3.8, 4) is 0 Å². The van der Waals surface area contributed by atoms with E-state index in [2.05, 4.69) is 4.74 Å². The van der Waals surface area contributed by atoms with Crippen molar-refractivity contribution in [2.24, 2.45) is 5.92 Å². The lowest BCUT2D eigenvalue weighted by Gasteiger charge is -2.24. The number of hydrogen-bond acceptors (Lipinski definition) is 4. The average molecular weight is 206 g/mol. The Morgan fingerprint density at radius 2 is 1.77 bits per heavy atom. The molecule has 0 aliphatic heterocycles. The molecular weight excluding hydrogens is 188 g/mol. The van der Waals surface area contributed by atoms with Crippen LogP contribution in [0.5, 0.6) is 0 Å². The minimum atomic E-state index is -2.14. The molecule has 5 heteroatoms. The van der Waals surface area contributed by atoms with Gasteiger partial charge in [0.15, 0.2) is 0 Å². The molecule has 4 nitrogen and oxygen atoms in total. The van der Waals surface area contributed by atoms with E-state index in [1.54, 1.807) is 14.2 Å². The maximum atomic E-state index is 11.1. The van der Waals surface area contributed by atoms with Crippen LogP contribution in [0.1, 0.15) is 6.92 Å². The number of carbonyl (C=O) groups is 1. The van der Waals surface area contributed by atoms with E-state index in [1.807, 2.05) is 13.5 Å². The number of methoxy groups -OCH3 is 1. The highest BCUT2D eigenvalue weighted by molar-refractivity contribution is 6.66. The summed E-state index contributed by atoms with van der Waals surface area (Å²) in [6.45, 7) is 3.74. The van der Waals surface area contributed by atoms with E-state index in [0.717, 1.165) is 0 Å². The van der Waals surface area contributed by atoms with E-state index in [4.69, 9.17) is 8.85 Å². The quantitative estimate of drug-likeness (QED) is 0.500. The number of carbonyl (C=O) groups excluding carboxylic acids is 1. The van der Waals surface area contributed by atoms with Gasteiger partial charge in [-0.15, -0.1) is 0 Å². The highest BCUT2D eigenvalue weighted by Crippen LogP contribution is 2.18. The number of rotatable bonds is 5. The molecule has 0 heterocycles. The largest absolute Gasteiger partial charge is 0.469 e. The molecule has 0 N–H and O–H groups in total. The highest BCUT2D eigenvalue weighted by Gasteiger charge is 2.33. The van der Waals surface area contributed by atoms with Crippen molar-refractivity contribution >= 4 is 14.5 Å². The summed E-state index contributed by atoms with van der Waals surface area (Å²) in [7, 11) is 2.47. The molecule has 0 rings (SSSR count). The predicted octanol–water partition coefficient (Wildman–Crippen LogP) is 1.16. The van der Waals surface area contributed by atoms with Crippen molar-refractivity contribution in [1.29, 1.82) is 0 Å². The lowest BCUT2D eigenvalue weighted by atomic mass is 10.2. The summed E-state index contributed by atoms with van der Waals surface area (Å²) in [6.07, 6.45) is 0. The van der Waals surface area contributed by atoms with Gasteiger partial charge in [0.1, 0.15) is 0 Å². The van der Waals surface area contributed by atoms with E-state index in [9.17, 15) is 4.79 Å². The Bertz CT molecular complexity index is 168. The average Bonchev–Trinajstić information content (AvgIpc) is 2.16. The summed E-state index contributed by atoms with van der Waals surface area (Å²) in [5, 5.41) is 0. The van der Waals surface area contributed by atoms with Gasteiger partial charge in [0.2, 0.25) is 0 Å². The normalized spacial score (nSPS) is 13.9. The molecule has 0 aliphatic rings. The molecule has 0 fully saturated rings. The topological polar surface area (TPSA) is 44.8 Å². The molecule has 0 aromatic carbocycles. The first-order chi connectivity index (χ1) is 5.99. The van der Waals surface area contributed by atoms with Crippen LogP contribution >= 0.6 is 0 Å². The molecule has 0 bridgehead atoms. The first-order valence-corrected chi connectivity index (χ1v) is 6.69. The minimum Gasteiger partial charge on any atom is -0.469 e. The van der Waals surface area contributed by atoms with E-state index < -0.39 is 8.56 Å². The minimum absolute atomic E-state index is 0.165. The Kier molecular flexibility index (Phi) is 5.20. The second kappa shape index (κ2) is 5.36. The molecule has 0 saturated carbocycles. The molecule has 1 unspecified atom stereocenters. The van der Waals surface area contributed by atoms with Gasteiger partial charge in [-0.3, -0.25) is 4.79 Å². The Morgan fingerprint density at radius 3 is 2.08 bits per heavy atom. The number of ether oxygens (including phenoxy) is 1. The van der Waals surface area contributed by atoms with Gasteiger partial charge in [0.05, 0.1) is 13.0 Å². The van der Waals surface area contributed by atoms with Crippen molar-refractivity contribution in [1.82, 2.24) is 0 Å². The fraction of sp³-hybridized carbons (Fsp3) is 0.875. The van der Waals surface area contributed by atoms with Gasteiger partial charge < -0.3 is 13.6 Å². The van der Waals surface area contributed by atoms with E-state index in [-0.39, 0.29) is 11.9 Å². The van der Waals surface area contributed by atoms with Crippen LogP contribution in [-0.4, -0.2) is 35.9 Å². The van der Waals surface area contributed by atoms with E-state index >= 15 is 0 Å². The van der Waals surface area contributed by atoms with Crippen LogP contribution in [0.2, 0.25) is 12.6 Å². The molecular formula is C8H18O4Si. The van der Waals surface area contributed by atoms with Gasteiger partial charge in [-0.1, -0.05) is 6.92 Å². The third kappa shape index (κ3) is 3.88. The molecule has 0 spiro atoms. The van der Waals surface area contributed by atoms with Gasteiger partial charge in [-0.25, -0.2) is 0 Å². The summed E-state index contributed by atoms with van der Waals surface area (Å²) < 4.78 is 15.1. The summed E-state index contributed by atoms with van der Waals surface area (Å²) in [6, 6.07) is 0.618. The Labute approximate surface area is 80.4 Å². The van der Waals surface area contributed by atoms with Crippen LogP contribution in [0.3, 0.4) is 0 Å². The van der Waals surface area contributed by atoms with Gasteiger partial charge in [-0.2, -0.15) is 0 Å². The third-order valence-corrected chi connectivity index (χ3v) is 5.23. The van der Waals surface area contributed by atoms with Crippen LogP contribution in [0.25, 0.3) is 0 Å². The van der Waals surface area contributed by atoms with Gasteiger partial charge in [-0.05, 0) is 6.55 Å². The molecule has 78 valence electrons. The predicted molar refractivity (Wildman–Crippen MR) is 51.6 cm³/mol. The van der Waals surface area contributed by atoms with E-state index in [1.165, 1.54) is 7.11 Å². The molecule has 0 amide bonds. The first kappa shape index (κ1) is 12.6. The van der Waals surface area contributed by atoms with Crippen molar-refractivity contribution in [2.75, 3.05) is 21.3 Å². The first-order valence-electron chi connectivity index (χ1n) is 4.17. The molecule has 0 aliphatic carbocycles. The maximum absolute atomic E-state index is 11.1. The summed E-state index contributed by atoms with van der Waals surface area (Å²) >= 11 is 0. The second-order valence-electron chi connectivity index (χ2n) is 3.17. The Balaban J connectivity index is 4.16. The third-order valence-electron chi connectivity index (χ3n) is 2.14. The summed E-state index contributed by atoms with van der Waals surface area (Å²) in [5.74, 6) is -0.380. The van der Waals surface area contributed by atoms with Crippen LogP contribution in [0.4, 0.5) is 0 Å². The lowest BCUT2D eigenvalue weighted by molar-refractivity contribution is -0.144. The fourth-order valence-electron chi connectivity index (χ4n) is 1.09. The van der Waals surface area contributed by atoms with Crippen molar-refractivity contribution < 1.29 is 18.4 Å². The van der Waals surface area contributed by atoms with Crippen LogP contribution < -0.4 is 0 Å². The Hall–Kier alpha value is -0.393. The zero-order chi connectivity index (χ0) is 10.5. The van der Waals surface area contributed by atoms with Gasteiger partial charge >= 0.3 is 14.5 Å². The molecule has 1 atom stereocenters. The lowest BCUT2D eigenvalue weighted by Crippen LogP contribution is -2.39. The molecule has 0 aromatic heterocycles. The number of esters is 1.